The van der Waals surface area contributed by atoms with Gasteiger partial charge in [-0.05, 0) is 44.9 Å². The van der Waals surface area contributed by atoms with Crippen LogP contribution in [0.5, 0.6) is 0 Å². The molecule has 27 heavy (non-hydrogen) atoms. The van der Waals surface area contributed by atoms with Crippen LogP contribution >= 0.6 is 0 Å². The fourth-order valence-electron chi connectivity index (χ4n) is 3.49. The summed E-state index contributed by atoms with van der Waals surface area (Å²) in [7, 11) is 0. The van der Waals surface area contributed by atoms with Crippen molar-refractivity contribution in [3.8, 4) is 0 Å². The van der Waals surface area contributed by atoms with Gasteiger partial charge >= 0.3 is 11.9 Å². The van der Waals surface area contributed by atoms with Crippen LogP contribution in [0.3, 0.4) is 0 Å². The molecule has 0 heterocycles. The zero-order valence-electron chi connectivity index (χ0n) is 17.6. The number of esters is 1. The Labute approximate surface area is 165 Å². The smallest absolute Gasteiger partial charge is 0.303 e. The van der Waals surface area contributed by atoms with E-state index in [1.54, 1.807) is 0 Å². The molecule has 0 bridgehead atoms. The number of carbonyl (C=O) groups excluding carboxylic acids is 2. The molecule has 0 aliphatic rings. The van der Waals surface area contributed by atoms with Gasteiger partial charge in [-0.1, -0.05) is 46.0 Å². The molecule has 0 rings (SSSR count). The Bertz CT molecular complexity index is 419. The molecule has 0 amide bonds. The minimum absolute atomic E-state index is 0.0255. The molecule has 0 spiro atoms. The number of carbonyl (C=O) groups is 3. The Hall–Kier alpha value is -1.39. The average Bonchev–Trinajstić information content (AvgIpc) is 2.61. The van der Waals surface area contributed by atoms with Gasteiger partial charge in [-0.25, -0.2) is 0 Å². The zero-order valence-corrected chi connectivity index (χ0v) is 17.6. The van der Waals surface area contributed by atoms with Gasteiger partial charge in [0, 0.05) is 25.7 Å². The van der Waals surface area contributed by atoms with Crippen molar-refractivity contribution in [1.82, 2.24) is 0 Å². The summed E-state index contributed by atoms with van der Waals surface area (Å²) in [6.45, 7) is 5.53. The highest BCUT2D eigenvalue weighted by Gasteiger charge is 2.18. The number of rotatable bonds is 18. The molecule has 0 aliphatic heterocycles. The second-order valence-corrected chi connectivity index (χ2v) is 7.52. The van der Waals surface area contributed by atoms with E-state index in [2.05, 4.69) is 6.92 Å². The van der Waals surface area contributed by atoms with Gasteiger partial charge in [-0.3, -0.25) is 14.4 Å². The summed E-state index contributed by atoms with van der Waals surface area (Å²) in [5, 5.41) is 8.65. The van der Waals surface area contributed by atoms with Crippen LogP contribution in [0.4, 0.5) is 0 Å². The van der Waals surface area contributed by atoms with Crippen molar-refractivity contribution in [1.29, 1.82) is 0 Å². The Morgan fingerprint density at radius 3 is 2.00 bits per heavy atom. The lowest BCUT2D eigenvalue weighted by molar-refractivity contribution is -0.147. The van der Waals surface area contributed by atoms with Crippen LogP contribution < -0.4 is 0 Å². The number of carboxylic acids is 1. The molecule has 0 saturated carbocycles. The molecule has 0 saturated heterocycles. The fraction of sp³-hybridized carbons (Fsp3) is 0.864. The molecule has 2 unspecified atom stereocenters. The molecule has 0 aliphatic carbocycles. The zero-order chi connectivity index (χ0) is 20.5. The van der Waals surface area contributed by atoms with Gasteiger partial charge in [0.1, 0.15) is 11.9 Å². The van der Waals surface area contributed by atoms with Gasteiger partial charge in [-0.15, -0.1) is 0 Å². The Kier molecular flexibility index (Phi) is 15.9. The molecule has 0 aromatic heterocycles. The van der Waals surface area contributed by atoms with Crippen molar-refractivity contribution >= 4 is 17.7 Å². The van der Waals surface area contributed by atoms with Crippen LogP contribution in [0.1, 0.15) is 111 Å². The van der Waals surface area contributed by atoms with Gasteiger partial charge in [0.25, 0.3) is 0 Å². The summed E-state index contributed by atoms with van der Waals surface area (Å²) in [6.07, 6.45) is 12.1. The Balaban J connectivity index is 4.23. The van der Waals surface area contributed by atoms with E-state index in [4.69, 9.17) is 9.84 Å². The van der Waals surface area contributed by atoms with Crippen molar-refractivity contribution in [2.24, 2.45) is 5.92 Å². The van der Waals surface area contributed by atoms with E-state index >= 15 is 0 Å². The van der Waals surface area contributed by atoms with Gasteiger partial charge in [0.2, 0.25) is 0 Å². The maximum atomic E-state index is 12.2. The van der Waals surface area contributed by atoms with Gasteiger partial charge in [0.05, 0.1) is 0 Å². The van der Waals surface area contributed by atoms with Gasteiger partial charge in [0.15, 0.2) is 0 Å². The molecule has 0 radical (unpaired) electrons. The minimum Gasteiger partial charge on any atom is -0.481 e. The third-order valence-electron chi connectivity index (χ3n) is 5.04. The first-order valence-corrected chi connectivity index (χ1v) is 10.8. The first kappa shape index (κ1) is 25.6. The van der Waals surface area contributed by atoms with E-state index in [0.717, 1.165) is 70.6 Å². The highest BCUT2D eigenvalue weighted by atomic mass is 16.5. The van der Waals surface area contributed by atoms with Crippen molar-refractivity contribution in [3.63, 3.8) is 0 Å². The molecule has 0 aromatic carbocycles. The standard InChI is InChI=1S/C22H40O5/c1-4-6-9-15-20(27-18(3)23)16-12-14-19(21(24)5-2)13-10-7-8-11-17-22(25)26/h19-20H,4-17H2,1-3H3,(H,25,26). The van der Waals surface area contributed by atoms with E-state index in [1.165, 1.54) is 6.92 Å². The number of ether oxygens (including phenoxy) is 1. The van der Waals surface area contributed by atoms with Gasteiger partial charge in [-0.2, -0.15) is 0 Å². The molecule has 5 nitrogen and oxygen atoms in total. The van der Waals surface area contributed by atoms with E-state index in [-0.39, 0.29) is 24.4 Å². The van der Waals surface area contributed by atoms with Crippen molar-refractivity contribution in [3.05, 3.63) is 0 Å². The number of unbranched alkanes of at least 4 members (excludes halogenated alkanes) is 5. The maximum Gasteiger partial charge on any atom is 0.303 e. The lowest BCUT2D eigenvalue weighted by atomic mass is 9.89. The largest absolute Gasteiger partial charge is 0.481 e. The van der Waals surface area contributed by atoms with Gasteiger partial charge < -0.3 is 9.84 Å². The summed E-state index contributed by atoms with van der Waals surface area (Å²) in [4.78, 5) is 34.0. The topological polar surface area (TPSA) is 80.7 Å². The molecule has 2 atom stereocenters. The number of ketones is 1. The first-order chi connectivity index (χ1) is 12.9. The number of carboxylic acid groups (broad SMARTS) is 1. The monoisotopic (exact) mass is 384 g/mol. The third-order valence-corrected chi connectivity index (χ3v) is 5.04. The Morgan fingerprint density at radius 2 is 1.41 bits per heavy atom. The van der Waals surface area contributed by atoms with Crippen LogP contribution in [0, 0.1) is 5.92 Å². The Morgan fingerprint density at radius 1 is 0.815 bits per heavy atom. The molecule has 1 N–H and O–H groups in total. The van der Waals surface area contributed by atoms with Crippen molar-refractivity contribution in [2.75, 3.05) is 0 Å². The first-order valence-electron chi connectivity index (χ1n) is 10.8. The summed E-state index contributed by atoms with van der Waals surface area (Å²) in [5.74, 6) is -0.562. The second-order valence-electron chi connectivity index (χ2n) is 7.52. The lowest BCUT2D eigenvalue weighted by Gasteiger charge is -2.19. The van der Waals surface area contributed by atoms with Crippen LogP contribution in [-0.2, 0) is 19.1 Å². The normalized spacial score (nSPS) is 13.1. The number of hydrogen-bond acceptors (Lipinski definition) is 4. The summed E-state index contributed by atoms with van der Waals surface area (Å²) >= 11 is 0. The van der Waals surface area contributed by atoms with E-state index < -0.39 is 5.97 Å². The predicted octanol–water partition coefficient (Wildman–Crippen LogP) is 5.69. The SMILES string of the molecule is CCCCCC(CCCC(CCCCCCC(=O)O)C(=O)CC)OC(C)=O. The van der Waals surface area contributed by atoms with E-state index in [1.807, 2.05) is 6.92 Å². The predicted molar refractivity (Wildman–Crippen MR) is 108 cm³/mol. The third kappa shape index (κ3) is 15.4. The quantitative estimate of drug-likeness (QED) is 0.242. The summed E-state index contributed by atoms with van der Waals surface area (Å²) < 4.78 is 5.44. The van der Waals surface area contributed by atoms with Crippen molar-refractivity contribution in [2.45, 2.75) is 117 Å². The number of hydrogen-bond donors (Lipinski definition) is 1. The van der Waals surface area contributed by atoms with Crippen LogP contribution in [0.25, 0.3) is 0 Å². The second kappa shape index (κ2) is 16.8. The van der Waals surface area contributed by atoms with Crippen LogP contribution in [-0.4, -0.2) is 28.9 Å². The molecular formula is C22H40O5. The maximum absolute atomic E-state index is 12.2. The van der Waals surface area contributed by atoms with E-state index in [0.29, 0.717) is 18.6 Å². The summed E-state index contributed by atoms with van der Waals surface area (Å²) in [5.41, 5.74) is 0. The summed E-state index contributed by atoms with van der Waals surface area (Å²) in [6, 6.07) is 0. The molecular weight excluding hydrogens is 344 g/mol. The molecule has 0 aromatic rings. The molecule has 5 heteroatoms. The number of Topliss-reactive ketones (excluding diaryl/α,β-unsaturated/α-hetero) is 1. The highest BCUT2D eigenvalue weighted by molar-refractivity contribution is 5.80. The van der Waals surface area contributed by atoms with Crippen LogP contribution in [0.15, 0.2) is 0 Å². The van der Waals surface area contributed by atoms with Crippen molar-refractivity contribution < 1.29 is 24.2 Å². The molecule has 158 valence electrons. The highest BCUT2D eigenvalue weighted by Crippen LogP contribution is 2.22. The lowest BCUT2D eigenvalue weighted by Crippen LogP contribution is -2.18. The molecule has 0 fully saturated rings. The van der Waals surface area contributed by atoms with E-state index in [9.17, 15) is 14.4 Å². The van der Waals surface area contributed by atoms with Crippen LogP contribution in [0.2, 0.25) is 0 Å². The minimum atomic E-state index is -0.740. The average molecular weight is 385 g/mol. The fourth-order valence-corrected chi connectivity index (χ4v) is 3.49. The number of aliphatic carboxylic acids is 1.